The molecule has 24 heavy (non-hydrogen) atoms. The van der Waals surface area contributed by atoms with Crippen LogP contribution in [0, 0.1) is 6.92 Å². The van der Waals surface area contributed by atoms with Gasteiger partial charge in [0.15, 0.2) is 5.69 Å². The monoisotopic (exact) mass is 321 g/mol. The second-order valence-electron chi connectivity index (χ2n) is 6.27. The van der Waals surface area contributed by atoms with E-state index in [1.807, 2.05) is 45.3 Å². The first-order chi connectivity index (χ1) is 11.6. The molecule has 1 aromatic carbocycles. The molecule has 0 N–H and O–H groups in total. The number of aryl methyl sites for hydroxylation is 3. The van der Waals surface area contributed by atoms with Crippen LogP contribution in [0.2, 0.25) is 0 Å². The number of carbonyl (C=O) groups excluding carboxylic acids is 1. The molecule has 1 aliphatic heterocycles. The molecule has 3 heterocycles. The van der Waals surface area contributed by atoms with Gasteiger partial charge in [-0.3, -0.25) is 9.48 Å². The SMILES string of the molecule is CCc1ncc2c(n1)CN(C(=O)c1nn(C)c3ccc(C)cc13)C2. The third kappa shape index (κ3) is 2.26. The summed E-state index contributed by atoms with van der Waals surface area (Å²) in [6.07, 6.45) is 2.64. The van der Waals surface area contributed by atoms with Crippen LogP contribution in [-0.4, -0.2) is 30.6 Å². The molecule has 3 aromatic rings. The van der Waals surface area contributed by atoms with E-state index in [-0.39, 0.29) is 5.91 Å². The summed E-state index contributed by atoms with van der Waals surface area (Å²) in [5.74, 6) is 0.768. The third-order valence-corrected chi connectivity index (χ3v) is 4.52. The van der Waals surface area contributed by atoms with Crippen molar-refractivity contribution in [1.29, 1.82) is 0 Å². The van der Waals surface area contributed by atoms with Crippen molar-refractivity contribution in [3.05, 3.63) is 52.7 Å². The van der Waals surface area contributed by atoms with Crippen molar-refractivity contribution >= 4 is 16.8 Å². The Morgan fingerprint density at radius 2 is 2.12 bits per heavy atom. The van der Waals surface area contributed by atoms with Gasteiger partial charge in [0.05, 0.1) is 17.8 Å². The van der Waals surface area contributed by atoms with Crippen molar-refractivity contribution < 1.29 is 4.79 Å². The van der Waals surface area contributed by atoms with Crippen LogP contribution in [0.3, 0.4) is 0 Å². The zero-order valence-corrected chi connectivity index (χ0v) is 14.1. The molecular formula is C18H19N5O. The van der Waals surface area contributed by atoms with Gasteiger partial charge >= 0.3 is 0 Å². The van der Waals surface area contributed by atoms with E-state index in [2.05, 4.69) is 15.1 Å². The van der Waals surface area contributed by atoms with Gasteiger partial charge in [0, 0.05) is 37.2 Å². The minimum Gasteiger partial charge on any atom is -0.327 e. The fourth-order valence-corrected chi connectivity index (χ4v) is 3.20. The second kappa shape index (κ2) is 5.40. The van der Waals surface area contributed by atoms with Gasteiger partial charge in [-0.2, -0.15) is 5.10 Å². The minimum absolute atomic E-state index is 0.0535. The maximum Gasteiger partial charge on any atom is 0.275 e. The lowest BCUT2D eigenvalue weighted by molar-refractivity contribution is 0.0745. The first-order valence-electron chi connectivity index (χ1n) is 8.13. The fraction of sp³-hybridized carbons (Fsp3) is 0.333. The lowest BCUT2D eigenvalue weighted by atomic mass is 10.1. The molecule has 0 radical (unpaired) electrons. The maximum atomic E-state index is 13.0. The molecule has 0 fully saturated rings. The molecule has 0 saturated heterocycles. The van der Waals surface area contributed by atoms with Crippen molar-refractivity contribution in [2.24, 2.45) is 7.05 Å². The lowest BCUT2D eigenvalue weighted by Crippen LogP contribution is -2.26. The molecule has 1 amide bonds. The Morgan fingerprint density at radius 1 is 1.29 bits per heavy atom. The second-order valence-corrected chi connectivity index (χ2v) is 6.27. The Bertz CT molecular complexity index is 959. The molecule has 0 saturated carbocycles. The molecule has 122 valence electrons. The van der Waals surface area contributed by atoms with Gasteiger partial charge in [-0.05, 0) is 19.1 Å². The van der Waals surface area contributed by atoms with E-state index < -0.39 is 0 Å². The molecule has 2 aromatic heterocycles. The maximum absolute atomic E-state index is 13.0. The highest BCUT2D eigenvalue weighted by Crippen LogP contribution is 2.26. The standard InChI is InChI=1S/C18H19N5O/c1-4-16-19-8-12-9-23(10-14(12)20-16)18(24)17-13-7-11(2)5-6-15(13)22(3)21-17/h5-8H,4,9-10H2,1-3H3. The van der Waals surface area contributed by atoms with Crippen LogP contribution in [0.1, 0.15) is 40.1 Å². The van der Waals surface area contributed by atoms with Crippen molar-refractivity contribution in [3.63, 3.8) is 0 Å². The highest BCUT2D eigenvalue weighted by Gasteiger charge is 2.28. The number of hydrogen-bond acceptors (Lipinski definition) is 4. The highest BCUT2D eigenvalue weighted by molar-refractivity contribution is 6.05. The van der Waals surface area contributed by atoms with Crippen molar-refractivity contribution in [1.82, 2.24) is 24.6 Å². The molecule has 0 bridgehead atoms. The fourth-order valence-electron chi connectivity index (χ4n) is 3.20. The summed E-state index contributed by atoms with van der Waals surface area (Å²) >= 11 is 0. The molecular weight excluding hydrogens is 302 g/mol. The Morgan fingerprint density at radius 3 is 2.92 bits per heavy atom. The Kier molecular flexibility index (Phi) is 3.33. The summed E-state index contributed by atoms with van der Waals surface area (Å²) in [5, 5.41) is 5.36. The molecule has 0 unspecified atom stereocenters. The van der Waals surface area contributed by atoms with Crippen molar-refractivity contribution in [2.45, 2.75) is 33.4 Å². The minimum atomic E-state index is -0.0535. The highest BCUT2D eigenvalue weighted by atomic mass is 16.2. The molecule has 6 heteroatoms. The van der Waals surface area contributed by atoms with E-state index in [9.17, 15) is 4.79 Å². The summed E-state index contributed by atoms with van der Waals surface area (Å²) in [6, 6.07) is 6.06. The predicted molar refractivity (Wildman–Crippen MR) is 90.4 cm³/mol. The molecule has 0 aliphatic carbocycles. The zero-order chi connectivity index (χ0) is 16.8. The zero-order valence-electron chi connectivity index (χ0n) is 14.1. The third-order valence-electron chi connectivity index (χ3n) is 4.52. The smallest absolute Gasteiger partial charge is 0.275 e. The number of aromatic nitrogens is 4. The van der Waals surface area contributed by atoms with Gasteiger partial charge in [-0.15, -0.1) is 0 Å². The number of carbonyl (C=O) groups is 1. The van der Waals surface area contributed by atoms with E-state index >= 15 is 0 Å². The molecule has 6 nitrogen and oxygen atoms in total. The van der Waals surface area contributed by atoms with Gasteiger partial charge in [0.25, 0.3) is 5.91 Å². The van der Waals surface area contributed by atoms with Crippen molar-refractivity contribution in [2.75, 3.05) is 0 Å². The van der Waals surface area contributed by atoms with Crippen LogP contribution in [0.25, 0.3) is 10.9 Å². The molecule has 0 spiro atoms. The Balaban J connectivity index is 1.69. The average molecular weight is 321 g/mol. The lowest BCUT2D eigenvalue weighted by Gasteiger charge is -2.13. The van der Waals surface area contributed by atoms with Crippen LogP contribution in [0.5, 0.6) is 0 Å². The predicted octanol–water partition coefficient (Wildman–Crippen LogP) is 2.39. The summed E-state index contributed by atoms with van der Waals surface area (Å²) in [5.41, 5.74) is 4.57. The van der Waals surface area contributed by atoms with Crippen LogP contribution in [0.4, 0.5) is 0 Å². The van der Waals surface area contributed by atoms with Crippen LogP contribution < -0.4 is 0 Å². The normalized spacial score (nSPS) is 13.5. The van der Waals surface area contributed by atoms with Crippen molar-refractivity contribution in [3.8, 4) is 0 Å². The van der Waals surface area contributed by atoms with E-state index in [1.165, 1.54) is 0 Å². The first kappa shape index (κ1) is 14.8. The van der Waals surface area contributed by atoms with Gasteiger partial charge in [-0.25, -0.2) is 9.97 Å². The summed E-state index contributed by atoms with van der Waals surface area (Å²) < 4.78 is 1.76. The summed E-state index contributed by atoms with van der Waals surface area (Å²) in [4.78, 5) is 23.7. The number of fused-ring (bicyclic) bond motifs is 2. The number of benzene rings is 1. The average Bonchev–Trinajstić information content (AvgIpc) is 3.14. The van der Waals surface area contributed by atoms with E-state index in [0.717, 1.165) is 40.0 Å². The molecule has 4 rings (SSSR count). The van der Waals surface area contributed by atoms with Gasteiger partial charge < -0.3 is 4.90 Å². The first-order valence-corrected chi connectivity index (χ1v) is 8.13. The number of amides is 1. The van der Waals surface area contributed by atoms with Gasteiger partial charge in [0.1, 0.15) is 5.82 Å². The van der Waals surface area contributed by atoms with Crippen LogP contribution >= 0.6 is 0 Å². The quantitative estimate of drug-likeness (QED) is 0.727. The van der Waals surface area contributed by atoms with Crippen LogP contribution in [0.15, 0.2) is 24.4 Å². The molecule has 1 aliphatic rings. The van der Waals surface area contributed by atoms with E-state index in [0.29, 0.717) is 18.8 Å². The topological polar surface area (TPSA) is 63.9 Å². The Hall–Kier alpha value is -2.76. The molecule has 0 atom stereocenters. The number of rotatable bonds is 2. The van der Waals surface area contributed by atoms with Gasteiger partial charge in [-0.1, -0.05) is 18.6 Å². The summed E-state index contributed by atoms with van der Waals surface area (Å²) in [6.45, 7) is 5.12. The largest absolute Gasteiger partial charge is 0.327 e. The number of nitrogens with zero attached hydrogens (tertiary/aromatic N) is 5. The number of hydrogen-bond donors (Lipinski definition) is 0. The van der Waals surface area contributed by atoms with E-state index in [1.54, 1.807) is 9.58 Å². The Labute approximate surface area is 140 Å². The van der Waals surface area contributed by atoms with Crippen LogP contribution in [-0.2, 0) is 26.6 Å². The summed E-state index contributed by atoms with van der Waals surface area (Å²) in [7, 11) is 1.87. The van der Waals surface area contributed by atoms with E-state index in [4.69, 9.17) is 0 Å². The van der Waals surface area contributed by atoms with Gasteiger partial charge in [0.2, 0.25) is 0 Å².